The second-order valence-electron chi connectivity index (χ2n) is 13.0. The van der Waals surface area contributed by atoms with E-state index in [0.29, 0.717) is 48.7 Å². The van der Waals surface area contributed by atoms with Crippen molar-refractivity contribution >= 4 is 5.97 Å². The second kappa shape index (κ2) is 5.82. The minimum Gasteiger partial charge on any atom is -0.462 e. The van der Waals surface area contributed by atoms with E-state index in [1.54, 1.807) is 0 Å². The molecular weight excluding hydrogens is 380 g/mol. The maximum absolute atomic E-state index is 13.2. The van der Waals surface area contributed by atoms with Gasteiger partial charge >= 0.3 is 5.97 Å². The van der Waals surface area contributed by atoms with E-state index >= 15 is 0 Å². The number of carbonyl (C=O) groups excluding carboxylic acids is 1. The van der Waals surface area contributed by atoms with Gasteiger partial charge in [-0.25, -0.2) is 0 Å². The number of esters is 1. The molecule has 1 spiro atoms. The maximum Gasteiger partial charge on any atom is 0.312 e. The van der Waals surface area contributed by atoms with Crippen LogP contribution in [-0.4, -0.2) is 41.8 Å². The molecule has 5 nitrogen and oxygen atoms in total. The molecule has 1 aliphatic heterocycles. The number of hydrogen-bond donors (Lipinski definition) is 1. The molecule has 30 heavy (non-hydrogen) atoms. The molecule has 9 rings (SSSR count). The summed E-state index contributed by atoms with van der Waals surface area (Å²) in [5.41, 5.74) is -0.596. The highest BCUT2D eigenvalue weighted by Gasteiger charge is 2.65. The third-order valence-electron chi connectivity index (χ3n) is 10.3. The van der Waals surface area contributed by atoms with Gasteiger partial charge in [0.2, 0.25) is 0 Å². The van der Waals surface area contributed by atoms with E-state index in [0.717, 1.165) is 31.6 Å². The average Bonchev–Trinajstić information content (AvgIpc) is 3.06. The van der Waals surface area contributed by atoms with Crippen LogP contribution in [0.2, 0.25) is 0 Å². The smallest absolute Gasteiger partial charge is 0.312 e. The van der Waals surface area contributed by atoms with Gasteiger partial charge in [-0.05, 0) is 93.8 Å². The summed E-state index contributed by atoms with van der Waals surface area (Å²) in [7, 11) is 0. The molecule has 8 aliphatic carbocycles. The van der Waals surface area contributed by atoms with E-state index < -0.39 is 16.8 Å². The molecule has 0 amide bonds. The van der Waals surface area contributed by atoms with Crippen LogP contribution in [0.3, 0.4) is 0 Å². The first-order valence-corrected chi connectivity index (χ1v) is 12.5. The molecule has 5 unspecified atom stereocenters. The first-order chi connectivity index (χ1) is 14.3. The summed E-state index contributed by atoms with van der Waals surface area (Å²) in [6.07, 6.45) is 11.5. The number of aliphatic hydroxyl groups is 1. The zero-order chi connectivity index (χ0) is 20.4. The number of hydrogen-bond acceptors (Lipinski definition) is 5. The van der Waals surface area contributed by atoms with E-state index in [4.69, 9.17) is 14.2 Å². The zero-order valence-electron chi connectivity index (χ0n) is 18.2. The minimum atomic E-state index is -0.628. The Bertz CT molecular complexity index is 746. The van der Waals surface area contributed by atoms with Gasteiger partial charge in [0.15, 0.2) is 5.79 Å². The van der Waals surface area contributed by atoms with Gasteiger partial charge in [-0.3, -0.25) is 4.79 Å². The highest BCUT2D eigenvalue weighted by Crippen LogP contribution is 2.66. The van der Waals surface area contributed by atoms with Crippen LogP contribution < -0.4 is 0 Å². The molecule has 5 atom stereocenters. The fourth-order valence-electron chi connectivity index (χ4n) is 10.2. The zero-order valence-corrected chi connectivity index (χ0v) is 18.2. The number of ether oxygens (including phenoxy) is 3. The molecule has 5 heteroatoms. The molecular formula is C25H36O5. The molecule has 0 radical (unpaired) electrons. The molecule has 1 N–H and O–H groups in total. The van der Waals surface area contributed by atoms with E-state index in [9.17, 15) is 9.90 Å². The van der Waals surface area contributed by atoms with E-state index in [2.05, 4.69) is 6.92 Å². The van der Waals surface area contributed by atoms with E-state index in [1.807, 2.05) is 0 Å². The van der Waals surface area contributed by atoms with Gasteiger partial charge in [0.1, 0.15) is 12.7 Å². The van der Waals surface area contributed by atoms with Crippen molar-refractivity contribution in [1.82, 2.24) is 0 Å². The summed E-state index contributed by atoms with van der Waals surface area (Å²) in [5, 5.41) is 10.9. The number of rotatable bonds is 3. The third-order valence-corrected chi connectivity index (χ3v) is 10.3. The summed E-state index contributed by atoms with van der Waals surface area (Å²) < 4.78 is 18.9. The van der Waals surface area contributed by atoms with Crippen molar-refractivity contribution in [3.8, 4) is 0 Å². The van der Waals surface area contributed by atoms with E-state index in [-0.39, 0.29) is 12.1 Å². The predicted molar refractivity (Wildman–Crippen MR) is 108 cm³/mol. The Morgan fingerprint density at radius 2 is 1.67 bits per heavy atom. The van der Waals surface area contributed by atoms with Gasteiger partial charge in [0, 0.05) is 11.8 Å². The Morgan fingerprint density at radius 1 is 0.967 bits per heavy atom. The molecule has 0 aromatic carbocycles. The Kier molecular flexibility index (Phi) is 3.66. The highest BCUT2D eigenvalue weighted by atomic mass is 16.8. The lowest BCUT2D eigenvalue weighted by molar-refractivity contribution is -0.307. The molecule has 0 aromatic rings. The van der Waals surface area contributed by atoms with Crippen LogP contribution in [0, 0.1) is 40.4 Å². The summed E-state index contributed by atoms with van der Waals surface area (Å²) in [4.78, 5) is 13.2. The third kappa shape index (κ3) is 2.55. The predicted octanol–water partition coefficient (Wildman–Crippen LogP) is 3.82. The topological polar surface area (TPSA) is 65.0 Å². The average molecular weight is 417 g/mol. The van der Waals surface area contributed by atoms with Crippen LogP contribution in [-0.2, 0) is 19.0 Å². The summed E-state index contributed by atoms with van der Waals surface area (Å²) in [5.74, 6) is 2.35. The summed E-state index contributed by atoms with van der Waals surface area (Å²) in [6.45, 7) is 3.30. The van der Waals surface area contributed by atoms with Gasteiger partial charge < -0.3 is 19.3 Å². The first-order valence-electron chi connectivity index (χ1n) is 12.5. The Labute approximate surface area is 179 Å². The molecule has 8 saturated carbocycles. The lowest BCUT2D eigenvalue weighted by atomic mass is 9.48. The first kappa shape index (κ1) is 18.9. The maximum atomic E-state index is 13.2. The second-order valence-corrected chi connectivity index (χ2v) is 13.0. The monoisotopic (exact) mass is 416 g/mol. The van der Waals surface area contributed by atoms with E-state index in [1.165, 1.54) is 38.5 Å². The highest BCUT2D eigenvalue weighted by molar-refractivity contribution is 5.77. The standard InChI is InChI=1S/C25H36O5/c1-22-5-15-3-18(10-22)25(19(4-15)11-22)29-13-20(30-25)12-28-21(26)23-6-16-2-17(7-23)9-24(27,8-16)14-23/h15-20,27H,2-14H2,1H3. The molecule has 0 aromatic heterocycles. The van der Waals surface area contributed by atoms with Crippen molar-refractivity contribution in [2.45, 2.75) is 95.0 Å². The number of carbonyl (C=O) groups is 1. The Hall–Kier alpha value is -0.650. The van der Waals surface area contributed by atoms with Crippen molar-refractivity contribution in [3.63, 3.8) is 0 Å². The lowest BCUT2D eigenvalue weighted by Gasteiger charge is -2.62. The van der Waals surface area contributed by atoms with Gasteiger partial charge in [0.05, 0.1) is 17.6 Å². The van der Waals surface area contributed by atoms with Crippen LogP contribution in [0.25, 0.3) is 0 Å². The molecule has 1 saturated heterocycles. The van der Waals surface area contributed by atoms with Crippen LogP contribution in [0.1, 0.15) is 77.6 Å². The van der Waals surface area contributed by atoms with Gasteiger partial charge in [0.25, 0.3) is 0 Å². The summed E-state index contributed by atoms with van der Waals surface area (Å²) >= 11 is 0. The minimum absolute atomic E-state index is 0.0860. The van der Waals surface area contributed by atoms with Crippen molar-refractivity contribution in [1.29, 1.82) is 0 Å². The summed E-state index contributed by atoms with van der Waals surface area (Å²) in [6, 6.07) is 0. The quantitative estimate of drug-likeness (QED) is 0.709. The Morgan fingerprint density at radius 3 is 2.30 bits per heavy atom. The van der Waals surface area contributed by atoms with Crippen molar-refractivity contribution < 1.29 is 24.1 Å². The van der Waals surface area contributed by atoms with Gasteiger partial charge in [-0.2, -0.15) is 0 Å². The van der Waals surface area contributed by atoms with Crippen molar-refractivity contribution in [2.75, 3.05) is 13.2 Å². The Balaban J connectivity index is 1.02. The van der Waals surface area contributed by atoms with Crippen LogP contribution in [0.15, 0.2) is 0 Å². The molecule has 9 fully saturated rings. The normalized spacial score (nSPS) is 59.9. The molecule has 8 bridgehead atoms. The lowest BCUT2D eigenvalue weighted by Crippen LogP contribution is -2.61. The van der Waals surface area contributed by atoms with Crippen LogP contribution in [0.5, 0.6) is 0 Å². The van der Waals surface area contributed by atoms with Crippen LogP contribution >= 0.6 is 0 Å². The van der Waals surface area contributed by atoms with Crippen molar-refractivity contribution in [3.05, 3.63) is 0 Å². The largest absolute Gasteiger partial charge is 0.462 e. The fraction of sp³-hybridized carbons (Fsp3) is 0.960. The SMILES string of the molecule is CC12CC3CC(C1)C1(OCC(COC(=O)C45CC6CC(CC(O)(C6)C4)C5)O1)C(C3)C2. The molecule has 1 heterocycles. The molecule has 166 valence electrons. The molecule has 9 aliphatic rings. The fourth-order valence-corrected chi connectivity index (χ4v) is 10.2. The van der Waals surface area contributed by atoms with Crippen LogP contribution in [0.4, 0.5) is 0 Å². The van der Waals surface area contributed by atoms with Gasteiger partial charge in [-0.15, -0.1) is 0 Å². The van der Waals surface area contributed by atoms with Gasteiger partial charge in [-0.1, -0.05) is 6.92 Å². The van der Waals surface area contributed by atoms with Crippen molar-refractivity contribution in [2.24, 2.45) is 40.4 Å².